The Morgan fingerprint density at radius 1 is 1.20 bits per heavy atom. The Bertz CT molecular complexity index is 395. The molecule has 2 N–H and O–H groups in total. The highest BCUT2D eigenvalue weighted by Gasteiger charge is 2.31. The number of nitrogens with zero attached hydrogens (tertiary/aromatic N) is 3. The topological polar surface area (TPSA) is 52.1 Å². The Hall–Kier alpha value is -0.850. The van der Waals surface area contributed by atoms with Gasteiger partial charge in [0.25, 0.3) is 0 Å². The smallest absolute Gasteiger partial charge is 0.191 e. The van der Waals surface area contributed by atoms with Gasteiger partial charge in [-0.25, -0.2) is 0 Å². The minimum Gasteiger partial charge on any atom is -0.379 e. The summed E-state index contributed by atoms with van der Waals surface area (Å²) in [6, 6.07) is 1.11. The molecular formula is C19H39N5O. The number of rotatable bonds is 8. The van der Waals surface area contributed by atoms with E-state index >= 15 is 0 Å². The SMILES string of the molecule is CCNC(=NCCCCN1CCOCC1)NC1CN(C(C)C)CC1C. The molecule has 0 aromatic carbocycles. The predicted octanol–water partition coefficient (Wildman–Crippen LogP) is 1.38. The molecule has 2 aliphatic rings. The maximum absolute atomic E-state index is 5.40. The van der Waals surface area contributed by atoms with Crippen LogP contribution in [-0.2, 0) is 4.74 Å². The van der Waals surface area contributed by atoms with Crippen LogP contribution in [0, 0.1) is 5.92 Å². The summed E-state index contributed by atoms with van der Waals surface area (Å²) in [6.07, 6.45) is 2.36. The van der Waals surface area contributed by atoms with Gasteiger partial charge in [-0.2, -0.15) is 0 Å². The van der Waals surface area contributed by atoms with Crippen LogP contribution in [0.15, 0.2) is 4.99 Å². The van der Waals surface area contributed by atoms with Gasteiger partial charge in [0.1, 0.15) is 0 Å². The number of ether oxygens (including phenoxy) is 1. The molecule has 2 unspecified atom stereocenters. The van der Waals surface area contributed by atoms with Crippen molar-refractivity contribution in [1.82, 2.24) is 20.4 Å². The van der Waals surface area contributed by atoms with E-state index in [4.69, 9.17) is 9.73 Å². The van der Waals surface area contributed by atoms with Crippen molar-refractivity contribution in [2.24, 2.45) is 10.9 Å². The highest BCUT2D eigenvalue weighted by molar-refractivity contribution is 5.80. The van der Waals surface area contributed by atoms with E-state index in [2.05, 4.69) is 48.1 Å². The molecule has 2 atom stereocenters. The first-order valence-electron chi connectivity index (χ1n) is 10.2. The standard InChI is InChI=1S/C19H39N5O/c1-5-20-19(22-18-15-24(16(2)3)14-17(18)4)21-8-6-7-9-23-10-12-25-13-11-23/h16-18H,5-15H2,1-4H3,(H2,20,21,22). The highest BCUT2D eigenvalue weighted by Crippen LogP contribution is 2.18. The molecule has 2 saturated heterocycles. The molecule has 0 saturated carbocycles. The van der Waals surface area contributed by atoms with Crippen molar-refractivity contribution in [3.05, 3.63) is 0 Å². The molecule has 0 radical (unpaired) electrons. The van der Waals surface area contributed by atoms with E-state index in [0.717, 1.165) is 58.3 Å². The van der Waals surface area contributed by atoms with Crippen LogP contribution >= 0.6 is 0 Å². The van der Waals surface area contributed by atoms with Gasteiger partial charge in [0.05, 0.1) is 13.2 Å². The monoisotopic (exact) mass is 353 g/mol. The lowest BCUT2D eigenvalue weighted by Gasteiger charge is -2.26. The first kappa shape index (κ1) is 20.5. The number of likely N-dealkylation sites (tertiary alicyclic amines) is 1. The van der Waals surface area contributed by atoms with Gasteiger partial charge in [0.2, 0.25) is 0 Å². The molecule has 6 heteroatoms. The summed E-state index contributed by atoms with van der Waals surface area (Å²) in [6.45, 7) is 18.2. The van der Waals surface area contributed by atoms with E-state index in [1.165, 1.54) is 19.5 Å². The summed E-state index contributed by atoms with van der Waals surface area (Å²) < 4.78 is 5.40. The number of aliphatic imine (C=N–C) groups is 1. The minimum absolute atomic E-state index is 0.494. The maximum Gasteiger partial charge on any atom is 0.191 e. The van der Waals surface area contributed by atoms with E-state index in [0.29, 0.717) is 18.0 Å². The second kappa shape index (κ2) is 11.0. The maximum atomic E-state index is 5.40. The van der Waals surface area contributed by atoms with E-state index in [9.17, 15) is 0 Å². The molecule has 0 amide bonds. The molecule has 2 heterocycles. The van der Waals surface area contributed by atoms with E-state index in [1.54, 1.807) is 0 Å². The number of hydrogen-bond acceptors (Lipinski definition) is 4. The van der Waals surface area contributed by atoms with Crippen LogP contribution in [0.5, 0.6) is 0 Å². The number of nitrogens with one attached hydrogen (secondary N) is 2. The number of hydrogen-bond donors (Lipinski definition) is 2. The van der Waals surface area contributed by atoms with Gasteiger partial charge in [-0.05, 0) is 46.1 Å². The molecule has 2 fully saturated rings. The fraction of sp³-hybridized carbons (Fsp3) is 0.947. The summed E-state index contributed by atoms with van der Waals surface area (Å²) in [5.41, 5.74) is 0. The first-order valence-corrected chi connectivity index (χ1v) is 10.2. The van der Waals surface area contributed by atoms with Gasteiger partial charge in [-0.3, -0.25) is 14.8 Å². The van der Waals surface area contributed by atoms with E-state index in [-0.39, 0.29) is 0 Å². The summed E-state index contributed by atoms with van der Waals surface area (Å²) in [5, 5.41) is 7.07. The Morgan fingerprint density at radius 2 is 1.96 bits per heavy atom. The van der Waals surface area contributed by atoms with Crippen molar-refractivity contribution in [3.8, 4) is 0 Å². The molecule has 25 heavy (non-hydrogen) atoms. The number of guanidine groups is 1. The van der Waals surface area contributed by atoms with Crippen LogP contribution in [-0.4, -0.2) is 86.9 Å². The third-order valence-corrected chi connectivity index (χ3v) is 5.29. The molecule has 0 aliphatic carbocycles. The van der Waals surface area contributed by atoms with Crippen molar-refractivity contribution in [1.29, 1.82) is 0 Å². The summed E-state index contributed by atoms with van der Waals surface area (Å²) >= 11 is 0. The zero-order valence-electron chi connectivity index (χ0n) is 16.8. The molecular weight excluding hydrogens is 314 g/mol. The summed E-state index contributed by atoms with van der Waals surface area (Å²) in [4.78, 5) is 9.84. The Labute approximate surface area is 154 Å². The highest BCUT2D eigenvalue weighted by atomic mass is 16.5. The minimum atomic E-state index is 0.494. The lowest BCUT2D eigenvalue weighted by Crippen LogP contribution is -2.46. The van der Waals surface area contributed by atoms with Crippen molar-refractivity contribution in [3.63, 3.8) is 0 Å². The van der Waals surface area contributed by atoms with Gasteiger partial charge < -0.3 is 15.4 Å². The Balaban J connectivity index is 1.70. The number of morpholine rings is 1. The van der Waals surface area contributed by atoms with Gasteiger partial charge in [0, 0.05) is 51.4 Å². The van der Waals surface area contributed by atoms with Crippen LogP contribution in [0.2, 0.25) is 0 Å². The molecule has 146 valence electrons. The van der Waals surface area contributed by atoms with Crippen molar-refractivity contribution >= 4 is 5.96 Å². The van der Waals surface area contributed by atoms with Crippen LogP contribution in [0.1, 0.15) is 40.5 Å². The average molecular weight is 354 g/mol. The molecule has 2 aliphatic heterocycles. The zero-order valence-corrected chi connectivity index (χ0v) is 16.8. The van der Waals surface area contributed by atoms with Crippen LogP contribution in [0.3, 0.4) is 0 Å². The zero-order chi connectivity index (χ0) is 18.1. The molecule has 0 spiro atoms. The fourth-order valence-corrected chi connectivity index (χ4v) is 3.57. The van der Waals surface area contributed by atoms with Gasteiger partial charge in [-0.15, -0.1) is 0 Å². The third kappa shape index (κ3) is 7.12. The average Bonchev–Trinajstić information content (AvgIpc) is 2.97. The van der Waals surface area contributed by atoms with Gasteiger partial charge in [0.15, 0.2) is 5.96 Å². The molecule has 0 bridgehead atoms. The van der Waals surface area contributed by atoms with Crippen LogP contribution < -0.4 is 10.6 Å². The quantitative estimate of drug-likeness (QED) is 0.392. The molecule has 2 rings (SSSR count). The molecule has 6 nitrogen and oxygen atoms in total. The fourth-order valence-electron chi connectivity index (χ4n) is 3.57. The summed E-state index contributed by atoms with van der Waals surface area (Å²) in [5.74, 6) is 1.64. The van der Waals surface area contributed by atoms with E-state index in [1.807, 2.05) is 0 Å². The van der Waals surface area contributed by atoms with Crippen molar-refractivity contribution < 1.29 is 4.74 Å². The van der Waals surface area contributed by atoms with E-state index < -0.39 is 0 Å². The van der Waals surface area contributed by atoms with Gasteiger partial charge in [-0.1, -0.05) is 6.92 Å². The van der Waals surface area contributed by atoms with Gasteiger partial charge >= 0.3 is 0 Å². The normalized spacial score (nSPS) is 26.4. The van der Waals surface area contributed by atoms with Crippen molar-refractivity contribution in [2.75, 3.05) is 59.0 Å². The Morgan fingerprint density at radius 3 is 2.60 bits per heavy atom. The Kier molecular flexibility index (Phi) is 8.99. The van der Waals surface area contributed by atoms with Crippen molar-refractivity contribution in [2.45, 2.75) is 52.6 Å². The first-order chi connectivity index (χ1) is 12.1. The molecule has 0 aromatic rings. The van der Waals surface area contributed by atoms with Crippen LogP contribution in [0.25, 0.3) is 0 Å². The molecule has 0 aromatic heterocycles. The second-order valence-corrected chi connectivity index (χ2v) is 7.70. The second-order valence-electron chi connectivity index (χ2n) is 7.70. The summed E-state index contributed by atoms with van der Waals surface area (Å²) in [7, 11) is 0. The number of unbranched alkanes of at least 4 members (excludes halogenated alkanes) is 1. The largest absolute Gasteiger partial charge is 0.379 e. The predicted molar refractivity (Wildman–Crippen MR) is 105 cm³/mol. The lowest BCUT2D eigenvalue weighted by atomic mass is 10.1. The van der Waals surface area contributed by atoms with Crippen LogP contribution in [0.4, 0.5) is 0 Å². The third-order valence-electron chi connectivity index (χ3n) is 5.29. The lowest BCUT2D eigenvalue weighted by molar-refractivity contribution is 0.0373.